The lowest BCUT2D eigenvalue weighted by Crippen LogP contribution is -2.48. The molecule has 200 valence electrons. The SMILES string of the molecule is Cc1ccc2nc(N3CCN(CCNC(=O)c4ccccc4NS(=O)(=O)c4ccccc4)CC3)sc2c1.Cl. The molecule has 1 aliphatic heterocycles. The summed E-state index contributed by atoms with van der Waals surface area (Å²) < 4.78 is 29.2. The Labute approximate surface area is 233 Å². The first-order chi connectivity index (χ1) is 17.9. The van der Waals surface area contributed by atoms with Crippen molar-refractivity contribution in [3.05, 3.63) is 83.9 Å². The van der Waals surface area contributed by atoms with Gasteiger partial charge in [0, 0.05) is 39.3 Å². The maximum Gasteiger partial charge on any atom is 0.261 e. The van der Waals surface area contributed by atoms with Crippen LogP contribution in [-0.4, -0.2) is 63.5 Å². The summed E-state index contributed by atoms with van der Waals surface area (Å²) in [6.07, 6.45) is 0. The van der Waals surface area contributed by atoms with Crippen molar-refractivity contribution in [2.24, 2.45) is 0 Å². The summed E-state index contributed by atoms with van der Waals surface area (Å²) in [5, 5.41) is 4.00. The third-order valence-electron chi connectivity index (χ3n) is 6.36. The van der Waals surface area contributed by atoms with Gasteiger partial charge in [-0.05, 0) is 48.9 Å². The summed E-state index contributed by atoms with van der Waals surface area (Å²) in [6, 6.07) is 21.1. The lowest BCUT2D eigenvalue weighted by molar-refractivity contribution is 0.0948. The highest BCUT2D eigenvalue weighted by atomic mass is 35.5. The molecule has 3 aromatic carbocycles. The van der Waals surface area contributed by atoms with Gasteiger partial charge in [-0.3, -0.25) is 14.4 Å². The van der Waals surface area contributed by atoms with Gasteiger partial charge in [-0.2, -0.15) is 0 Å². The number of amides is 1. The van der Waals surface area contributed by atoms with E-state index in [-0.39, 0.29) is 34.5 Å². The predicted molar refractivity (Wildman–Crippen MR) is 156 cm³/mol. The van der Waals surface area contributed by atoms with Gasteiger partial charge in [0.25, 0.3) is 15.9 Å². The number of piperazine rings is 1. The van der Waals surface area contributed by atoms with Gasteiger partial charge in [0.15, 0.2) is 5.13 Å². The zero-order chi connectivity index (χ0) is 25.8. The van der Waals surface area contributed by atoms with Crippen LogP contribution < -0.4 is 14.9 Å². The number of aromatic nitrogens is 1. The van der Waals surface area contributed by atoms with Crippen molar-refractivity contribution in [2.75, 3.05) is 48.9 Å². The Kier molecular flexibility index (Phi) is 8.88. The van der Waals surface area contributed by atoms with Crippen LogP contribution in [0.15, 0.2) is 77.7 Å². The van der Waals surface area contributed by atoms with Crippen molar-refractivity contribution in [3.8, 4) is 0 Å². The lowest BCUT2D eigenvalue weighted by atomic mass is 10.1. The molecular weight excluding hydrogens is 542 g/mol. The average Bonchev–Trinajstić information content (AvgIpc) is 3.33. The maximum absolute atomic E-state index is 12.9. The second kappa shape index (κ2) is 12.1. The molecule has 1 aromatic heterocycles. The molecule has 0 atom stereocenters. The molecule has 0 saturated carbocycles. The summed E-state index contributed by atoms with van der Waals surface area (Å²) >= 11 is 1.73. The quantitative estimate of drug-likeness (QED) is 0.326. The second-order valence-corrected chi connectivity index (χ2v) is 11.7. The number of hydrogen-bond donors (Lipinski definition) is 2. The molecule has 5 rings (SSSR count). The Balaban J connectivity index is 0.00000336. The molecule has 38 heavy (non-hydrogen) atoms. The Morgan fingerprint density at radius 1 is 0.974 bits per heavy atom. The number of halogens is 1. The summed E-state index contributed by atoms with van der Waals surface area (Å²) in [7, 11) is -3.79. The van der Waals surface area contributed by atoms with Gasteiger partial charge in [-0.15, -0.1) is 12.4 Å². The molecule has 0 bridgehead atoms. The number of sulfonamides is 1. The van der Waals surface area contributed by atoms with Crippen molar-refractivity contribution in [1.29, 1.82) is 0 Å². The van der Waals surface area contributed by atoms with Crippen LogP contribution in [0, 0.1) is 6.92 Å². The third kappa shape index (κ3) is 6.44. The Bertz CT molecular complexity index is 1500. The van der Waals surface area contributed by atoms with Gasteiger partial charge in [-0.1, -0.05) is 47.7 Å². The minimum absolute atomic E-state index is 0. The minimum Gasteiger partial charge on any atom is -0.351 e. The zero-order valence-electron chi connectivity index (χ0n) is 21.0. The van der Waals surface area contributed by atoms with Crippen molar-refractivity contribution in [3.63, 3.8) is 0 Å². The van der Waals surface area contributed by atoms with Crippen LogP contribution in [0.4, 0.5) is 10.8 Å². The average molecular weight is 572 g/mol. The van der Waals surface area contributed by atoms with Crippen LogP contribution in [0.5, 0.6) is 0 Å². The molecule has 8 nitrogen and oxygen atoms in total. The van der Waals surface area contributed by atoms with Crippen molar-refractivity contribution in [1.82, 2.24) is 15.2 Å². The molecule has 0 unspecified atom stereocenters. The zero-order valence-corrected chi connectivity index (χ0v) is 23.4. The Morgan fingerprint density at radius 2 is 1.68 bits per heavy atom. The molecule has 11 heteroatoms. The number of hydrogen-bond acceptors (Lipinski definition) is 7. The highest BCUT2D eigenvalue weighted by Gasteiger charge is 2.21. The topological polar surface area (TPSA) is 94.6 Å². The minimum atomic E-state index is -3.79. The summed E-state index contributed by atoms with van der Waals surface area (Å²) in [5.74, 6) is -0.310. The van der Waals surface area contributed by atoms with E-state index in [0.717, 1.165) is 43.4 Å². The summed E-state index contributed by atoms with van der Waals surface area (Å²) in [6.45, 7) is 6.83. The maximum atomic E-state index is 12.9. The molecular formula is C27H30ClN5O3S2. The number of fused-ring (bicyclic) bond motifs is 1. The largest absolute Gasteiger partial charge is 0.351 e. The number of anilines is 2. The van der Waals surface area contributed by atoms with E-state index >= 15 is 0 Å². The highest BCUT2D eigenvalue weighted by molar-refractivity contribution is 7.92. The van der Waals surface area contributed by atoms with Gasteiger partial charge >= 0.3 is 0 Å². The Hall–Kier alpha value is -3.18. The van der Waals surface area contributed by atoms with Gasteiger partial charge < -0.3 is 10.2 Å². The first-order valence-electron chi connectivity index (χ1n) is 12.2. The number of nitrogens with one attached hydrogen (secondary N) is 2. The van der Waals surface area contributed by atoms with E-state index in [1.165, 1.54) is 22.4 Å². The molecule has 2 N–H and O–H groups in total. The third-order valence-corrected chi connectivity index (χ3v) is 8.82. The van der Waals surface area contributed by atoms with Crippen LogP contribution in [0.3, 0.4) is 0 Å². The molecule has 1 aliphatic rings. The predicted octanol–water partition coefficient (Wildman–Crippen LogP) is 4.38. The van der Waals surface area contributed by atoms with Gasteiger partial charge in [0.05, 0.1) is 26.4 Å². The van der Waals surface area contributed by atoms with Crippen LogP contribution in [0.2, 0.25) is 0 Å². The Morgan fingerprint density at radius 3 is 2.45 bits per heavy atom. The number of para-hydroxylation sites is 1. The van der Waals surface area contributed by atoms with Gasteiger partial charge in [0.2, 0.25) is 0 Å². The van der Waals surface area contributed by atoms with E-state index in [0.29, 0.717) is 6.54 Å². The standard InChI is InChI=1S/C27H29N5O3S2.ClH/c1-20-11-12-24-25(19-20)36-27(29-24)32-17-15-31(16-18-32)14-13-28-26(33)22-9-5-6-10-23(22)30-37(34,35)21-7-3-2-4-8-21;/h2-12,19,30H,13-18H2,1H3,(H,28,33);1H. The van der Waals surface area contributed by atoms with Gasteiger partial charge in [-0.25, -0.2) is 13.4 Å². The smallest absolute Gasteiger partial charge is 0.261 e. The van der Waals surface area contributed by atoms with E-state index in [4.69, 9.17) is 4.98 Å². The van der Waals surface area contributed by atoms with E-state index in [1.807, 2.05) is 0 Å². The van der Waals surface area contributed by atoms with E-state index in [1.54, 1.807) is 53.8 Å². The van der Waals surface area contributed by atoms with E-state index in [9.17, 15) is 13.2 Å². The highest BCUT2D eigenvalue weighted by Crippen LogP contribution is 2.30. The van der Waals surface area contributed by atoms with Crippen molar-refractivity contribution >= 4 is 60.7 Å². The molecule has 1 fully saturated rings. The second-order valence-electron chi connectivity index (χ2n) is 9.02. The monoisotopic (exact) mass is 571 g/mol. The fourth-order valence-electron chi connectivity index (χ4n) is 4.31. The van der Waals surface area contributed by atoms with Crippen LogP contribution in [0.25, 0.3) is 10.2 Å². The number of nitrogens with zero attached hydrogens (tertiary/aromatic N) is 3. The molecule has 1 amide bonds. The fraction of sp³-hybridized carbons (Fsp3) is 0.259. The van der Waals surface area contributed by atoms with Gasteiger partial charge in [0.1, 0.15) is 0 Å². The molecule has 2 heterocycles. The van der Waals surface area contributed by atoms with Crippen molar-refractivity contribution < 1.29 is 13.2 Å². The lowest BCUT2D eigenvalue weighted by Gasteiger charge is -2.34. The normalized spacial score (nSPS) is 14.2. The molecule has 4 aromatic rings. The van der Waals surface area contributed by atoms with Crippen LogP contribution in [0.1, 0.15) is 15.9 Å². The summed E-state index contributed by atoms with van der Waals surface area (Å²) in [5.41, 5.74) is 2.83. The van der Waals surface area contributed by atoms with Crippen LogP contribution >= 0.6 is 23.7 Å². The first-order valence-corrected chi connectivity index (χ1v) is 14.5. The number of carbonyl (C=O) groups is 1. The number of benzene rings is 3. The van der Waals surface area contributed by atoms with E-state index in [2.05, 4.69) is 45.0 Å². The molecule has 0 aliphatic carbocycles. The summed E-state index contributed by atoms with van der Waals surface area (Å²) in [4.78, 5) is 22.5. The fourth-order valence-corrected chi connectivity index (χ4v) is 6.53. The molecule has 1 saturated heterocycles. The number of aryl methyl sites for hydroxylation is 1. The number of rotatable bonds is 8. The molecule has 0 radical (unpaired) electrons. The van der Waals surface area contributed by atoms with E-state index < -0.39 is 10.0 Å². The number of carbonyl (C=O) groups excluding carboxylic acids is 1. The van der Waals surface area contributed by atoms with Crippen molar-refractivity contribution in [2.45, 2.75) is 11.8 Å². The van der Waals surface area contributed by atoms with Crippen LogP contribution in [-0.2, 0) is 10.0 Å². The number of thiazole rings is 1. The molecule has 0 spiro atoms. The first kappa shape index (κ1) is 27.8.